The van der Waals surface area contributed by atoms with Gasteiger partial charge in [-0.2, -0.15) is 0 Å². The number of aliphatic imine (C=N–C) groups is 1. The zero-order chi connectivity index (χ0) is 18.6. The van der Waals surface area contributed by atoms with Crippen molar-refractivity contribution < 1.29 is 0 Å². The van der Waals surface area contributed by atoms with Crippen LogP contribution in [0.15, 0.2) is 65.9 Å². The number of hydrogen-bond donors (Lipinski definition) is 1. The zero-order valence-corrected chi connectivity index (χ0v) is 16.2. The van der Waals surface area contributed by atoms with Gasteiger partial charge in [-0.25, -0.2) is 4.98 Å². The molecule has 0 amide bonds. The van der Waals surface area contributed by atoms with Gasteiger partial charge in [-0.15, -0.1) is 0 Å². The number of halogens is 1. The Kier molecular flexibility index (Phi) is 5.26. The van der Waals surface area contributed by atoms with Gasteiger partial charge in [0.1, 0.15) is 12.0 Å². The van der Waals surface area contributed by atoms with E-state index in [0.29, 0.717) is 0 Å². The summed E-state index contributed by atoms with van der Waals surface area (Å²) in [6.45, 7) is 3.08. The van der Waals surface area contributed by atoms with Gasteiger partial charge in [0.25, 0.3) is 0 Å². The fraction of sp³-hybridized carbons (Fsp3) is 0.273. The summed E-state index contributed by atoms with van der Waals surface area (Å²) in [6, 6.07) is 16.6. The number of aromatic amines is 1. The van der Waals surface area contributed by atoms with Gasteiger partial charge in [-0.3, -0.25) is 4.99 Å². The Morgan fingerprint density at radius 3 is 2.67 bits per heavy atom. The van der Waals surface area contributed by atoms with E-state index in [1.807, 2.05) is 18.3 Å². The van der Waals surface area contributed by atoms with Crippen molar-refractivity contribution >= 4 is 23.0 Å². The number of H-pyrrole nitrogens is 1. The molecule has 1 aliphatic rings. The lowest BCUT2D eigenvalue weighted by Crippen LogP contribution is -2.34. The summed E-state index contributed by atoms with van der Waals surface area (Å²) in [5.74, 6) is 1.03. The van der Waals surface area contributed by atoms with Gasteiger partial charge in [0.05, 0.1) is 0 Å². The standard InChI is InChI=1S/C22H23ClN4/c1-2-19-18-6-3-4-7-20(18)27(15-5-8-21-24-13-14-25-21)22(26-19)16-9-11-17(23)12-10-16/h3-4,6-7,9-14,22H,2,5,8,15H2,1H3,(H,24,25). The molecular formula is C22H23ClN4. The molecule has 1 N–H and O–H groups in total. The highest BCUT2D eigenvalue weighted by Crippen LogP contribution is 2.37. The molecule has 1 unspecified atom stereocenters. The average molecular weight is 379 g/mol. The number of anilines is 1. The molecule has 5 heteroatoms. The first-order chi connectivity index (χ1) is 13.3. The Balaban J connectivity index is 1.66. The molecule has 0 fully saturated rings. The number of para-hydroxylation sites is 1. The van der Waals surface area contributed by atoms with Gasteiger partial charge in [0.2, 0.25) is 0 Å². The van der Waals surface area contributed by atoms with Crippen LogP contribution in [0.2, 0.25) is 5.02 Å². The van der Waals surface area contributed by atoms with Crippen LogP contribution in [-0.4, -0.2) is 22.2 Å². The molecule has 0 spiro atoms. The van der Waals surface area contributed by atoms with Crippen molar-refractivity contribution in [2.75, 3.05) is 11.4 Å². The van der Waals surface area contributed by atoms with E-state index in [0.717, 1.165) is 47.9 Å². The number of hydrogen-bond acceptors (Lipinski definition) is 3. The summed E-state index contributed by atoms with van der Waals surface area (Å²) in [5, 5.41) is 0.749. The molecule has 0 saturated heterocycles. The van der Waals surface area contributed by atoms with Crippen LogP contribution < -0.4 is 4.90 Å². The second kappa shape index (κ2) is 7.97. The third-order valence-electron chi connectivity index (χ3n) is 4.97. The number of aromatic nitrogens is 2. The lowest BCUT2D eigenvalue weighted by Gasteiger charge is -2.37. The lowest BCUT2D eigenvalue weighted by atomic mass is 9.99. The molecule has 2 aromatic carbocycles. The fourth-order valence-electron chi connectivity index (χ4n) is 3.65. The van der Waals surface area contributed by atoms with Crippen LogP contribution in [-0.2, 0) is 6.42 Å². The molecule has 3 aromatic rings. The molecule has 0 saturated carbocycles. The monoisotopic (exact) mass is 378 g/mol. The SMILES string of the molecule is CCC1=NC(c2ccc(Cl)cc2)N(CCCc2ncc[nH]2)c2ccccc21. The largest absolute Gasteiger partial charge is 0.349 e. The summed E-state index contributed by atoms with van der Waals surface area (Å²) in [5.41, 5.74) is 4.82. The van der Waals surface area contributed by atoms with E-state index in [9.17, 15) is 0 Å². The Morgan fingerprint density at radius 2 is 1.93 bits per heavy atom. The first kappa shape index (κ1) is 17.8. The summed E-state index contributed by atoms with van der Waals surface area (Å²) in [7, 11) is 0. The molecule has 4 rings (SSSR count). The van der Waals surface area contributed by atoms with E-state index in [1.54, 1.807) is 6.20 Å². The smallest absolute Gasteiger partial charge is 0.147 e. The second-order valence-corrected chi connectivity index (χ2v) is 7.14. The topological polar surface area (TPSA) is 44.3 Å². The quantitative estimate of drug-likeness (QED) is 0.622. The molecular weight excluding hydrogens is 356 g/mol. The minimum atomic E-state index is -0.0243. The maximum Gasteiger partial charge on any atom is 0.147 e. The van der Waals surface area contributed by atoms with Crippen LogP contribution in [0.25, 0.3) is 0 Å². The van der Waals surface area contributed by atoms with Crippen molar-refractivity contribution in [2.45, 2.75) is 32.4 Å². The van der Waals surface area contributed by atoms with Gasteiger partial charge >= 0.3 is 0 Å². The first-order valence-corrected chi connectivity index (χ1v) is 9.80. The molecule has 27 heavy (non-hydrogen) atoms. The average Bonchev–Trinajstić information content (AvgIpc) is 3.22. The molecule has 1 atom stereocenters. The number of imidazole rings is 1. The van der Waals surface area contributed by atoms with E-state index in [-0.39, 0.29) is 6.17 Å². The Bertz CT molecular complexity index is 916. The molecule has 1 aromatic heterocycles. The molecule has 0 radical (unpaired) electrons. The molecule has 138 valence electrons. The molecule has 1 aliphatic heterocycles. The molecule has 2 heterocycles. The van der Waals surface area contributed by atoms with Crippen molar-refractivity contribution in [1.82, 2.24) is 9.97 Å². The number of benzene rings is 2. The Morgan fingerprint density at radius 1 is 1.11 bits per heavy atom. The van der Waals surface area contributed by atoms with Crippen molar-refractivity contribution in [1.29, 1.82) is 0 Å². The fourth-order valence-corrected chi connectivity index (χ4v) is 3.78. The predicted octanol–water partition coefficient (Wildman–Crippen LogP) is 5.41. The van der Waals surface area contributed by atoms with E-state index in [1.165, 1.54) is 11.3 Å². The molecule has 0 bridgehead atoms. The summed E-state index contributed by atoms with van der Waals surface area (Å²) >= 11 is 6.10. The summed E-state index contributed by atoms with van der Waals surface area (Å²) < 4.78 is 0. The number of aryl methyl sites for hydroxylation is 1. The first-order valence-electron chi connectivity index (χ1n) is 9.42. The van der Waals surface area contributed by atoms with Crippen LogP contribution in [0.1, 0.15) is 42.9 Å². The molecule has 0 aliphatic carbocycles. The predicted molar refractivity (Wildman–Crippen MR) is 112 cm³/mol. The zero-order valence-electron chi connectivity index (χ0n) is 15.4. The van der Waals surface area contributed by atoms with Crippen LogP contribution in [0.5, 0.6) is 0 Å². The Hall–Kier alpha value is -2.59. The third-order valence-corrected chi connectivity index (χ3v) is 5.22. The minimum absolute atomic E-state index is 0.0243. The number of nitrogens with one attached hydrogen (secondary N) is 1. The van der Waals surface area contributed by atoms with E-state index in [4.69, 9.17) is 16.6 Å². The summed E-state index contributed by atoms with van der Waals surface area (Å²) in [6.07, 6.45) is 6.50. The third kappa shape index (κ3) is 3.76. The van der Waals surface area contributed by atoms with Gasteiger partial charge < -0.3 is 9.88 Å². The lowest BCUT2D eigenvalue weighted by molar-refractivity contribution is 0.610. The van der Waals surface area contributed by atoms with Crippen molar-refractivity contribution in [2.24, 2.45) is 4.99 Å². The molecule has 4 nitrogen and oxygen atoms in total. The number of nitrogens with zero attached hydrogens (tertiary/aromatic N) is 3. The van der Waals surface area contributed by atoms with E-state index in [2.05, 4.69) is 58.2 Å². The van der Waals surface area contributed by atoms with Gasteiger partial charge in [-0.1, -0.05) is 48.9 Å². The van der Waals surface area contributed by atoms with Gasteiger partial charge in [-0.05, 0) is 36.6 Å². The normalized spacial score (nSPS) is 16.1. The highest BCUT2D eigenvalue weighted by atomic mass is 35.5. The van der Waals surface area contributed by atoms with E-state index >= 15 is 0 Å². The van der Waals surface area contributed by atoms with Crippen molar-refractivity contribution in [3.8, 4) is 0 Å². The highest BCUT2D eigenvalue weighted by molar-refractivity contribution is 6.30. The van der Waals surface area contributed by atoms with Gasteiger partial charge in [0.15, 0.2) is 0 Å². The summed E-state index contributed by atoms with van der Waals surface area (Å²) in [4.78, 5) is 15.0. The maximum absolute atomic E-state index is 6.10. The van der Waals surface area contributed by atoms with E-state index < -0.39 is 0 Å². The second-order valence-electron chi connectivity index (χ2n) is 6.70. The number of rotatable bonds is 6. The maximum atomic E-state index is 6.10. The van der Waals surface area contributed by atoms with Crippen LogP contribution >= 0.6 is 11.6 Å². The van der Waals surface area contributed by atoms with Crippen LogP contribution in [0, 0.1) is 0 Å². The van der Waals surface area contributed by atoms with Crippen molar-refractivity contribution in [3.63, 3.8) is 0 Å². The van der Waals surface area contributed by atoms with Crippen LogP contribution in [0.3, 0.4) is 0 Å². The van der Waals surface area contributed by atoms with Crippen LogP contribution in [0.4, 0.5) is 5.69 Å². The van der Waals surface area contributed by atoms with Crippen molar-refractivity contribution in [3.05, 3.63) is 82.9 Å². The highest BCUT2D eigenvalue weighted by Gasteiger charge is 2.27. The van der Waals surface area contributed by atoms with Gasteiger partial charge in [0, 0.05) is 47.3 Å². The Labute approximate surface area is 164 Å². The number of fused-ring (bicyclic) bond motifs is 1. The minimum Gasteiger partial charge on any atom is -0.349 e.